The lowest BCUT2D eigenvalue weighted by atomic mass is 10.0. The predicted octanol–water partition coefficient (Wildman–Crippen LogP) is 4.60. The summed E-state index contributed by atoms with van der Waals surface area (Å²) in [6, 6.07) is 12.3. The van der Waals surface area contributed by atoms with Gasteiger partial charge in [0.25, 0.3) is 11.8 Å². The van der Waals surface area contributed by atoms with Gasteiger partial charge in [0, 0.05) is 35.3 Å². The summed E-state index contributed by atoms with van der Waals surface area (Å²) in [5.74, 6) is -1.27. The van der Waals surface area contributed by atoms with Gasteiger partial charge in [0.2, 0.25) is 5.88 Å². The standard InChI is InChI=1S/C26H24F3N5O4/c1-14(2)32-24(36)22-18-9-8-15(11-20(18)33-34-22)17-10-19(25(37-3)31-13-17)23(35)30-12-16-6-4-5-7-21(16)38-26(27,28)29/h4-11,13-14H,12H2,1-3H3,(H,30,35)(H,32,36)(H,33,34). The van der Waals surface area contributed by atoms with Crippen molar-refractivity contribution in [1.29, 1.82) is 0 Å². The molecule has 0 aliphatic heterocycles. The van der Waals surface area contributed by atoms with Crippen LogP contribution in [-0.4, -0.2) is 46.5 Å². The molecule has 0 radical (unpaired) electrons. The quantitative estimate of drug-likeness (QED) is 0.308. The monoisotopic (exact) mass is 527 g/mol. The number of nitrogens with one attached hydrogen (secondary N) is 3. The number of ether oxygens (including phenoxy) is 2. The first-order valence-electron chi connectivity index (χ1n) is 11.5. The molecule has 3 N–H and O–H groups in total. The van der Waals surface area contributed by atoms with Crippen LogP contribution in [0.5, 0.6) is 11.6 Å². The number of nitrogens with zero attached hydrogens (tertiary/aromatic N) is 2. The predicted molar refractivity (Wildman–Crippen MR) is 133 cm³/mol. The number of carbonyl (C=O) groups excluding carboxylic acids is 2. The number of aromatic nitrogens is 3. The van der Waals surface area contributed by atoms with E-state index in [0.29, 0.717) is 22.0 Å². The fourth-order valence-corrected chi connectivity index (χ4v) is 3.78. The number of carbonyl (C=O) groups is 2. The molecule has 0 aliphatic rings. The van der Waals surface area contributed by atoms with Gasteiger partial charge >= 0.3 is 6.36 Å². The van der Waals surface area contributed by atoms with E-state index in [0.717, 1.165) is 0 Å². The molecule has 38 heavy (non-hydrogen) atoms. The Morgan fingerprint density at radius 2 is 1.82 bits per heavy atom. The van der Waals surface area contributed by atoms with E-state index in [1.165, 1.54) is 37.6 Å². The molecular formula is C26H24F3N5O4. The zero-order chi connectivity index (χ0) is 27.4. The molecule has 12 heteroatoms. The SMILES string of the molecule is COc1ncc(-c2ccc3c(C(=O)NC(C)C)n[nH]c3c2)cc1C(=O)NCc1ccccc1OC(F)(F)F. The molecule has 0 bridgehead atoms. The van der Waals surface area contributed by atoms with Gasteiger partial charge in [-0.1, -0.05) is 24.3 Å². The second kappa shape index (κ2) is 10.8. The zero-order valence-electron chi connectivity index (χ0n) is 20.6. The highest BCUT2D eigenvalue weighted by molar-refractivity contribution is 6.05. The normalized spacial score (nSPS) is 11.4. The topological polar surface area (TPSA) is 118 Å². The smallest absolute Gasteiger partial charge is 0.480 e. The number of H-pyrrole nitrogens is 1. The largest absolute Gasteiger partial charge is 0.573 e. The van der Waals surface area contributed by atoms with Crippen molar-refractivity contribution in [2.45, 2.75) is 32.8 Å². The van der Waals surface area contributed by atoms with Crippen LogP contribution in [0, 0.1) is 0 Å². The number of halogens is 3. The van der Waals surface area contributed by atoms with Crippen molar-refractivity contribution >= 4 is 22.7 Å². The van der Waals surface area contributed by atoms with Crippen LogP contribution in [0.1, 0.15) is 40.3 Å². The highest BCUT2D eigenvalue weighted by Gasteiger charge is 2.32. The minimum atomic E-state index is -4.86. The van der Waals surface area contributed by atoms with Crippen LogP contribution in [0.4, 0.5) is 13.2 Å². The first-order chi connectivity index (χ1) is 18.1. The van der Waals surface area contributed by atoms with Gasteiger partial charge in [-0.15, -0.1) is 13.2 Å². The second-order valence-corrected chi connectivity index (χ2v) is 8.58. The van der Waals surface area contributed by atoms with Gasteiger partial charge in [0.1, 0.15) is 11.3 Å². The highest BCUT2D eigenvalue weighted by Crippen LogP contribution is 2.29. The molecule has 0 saturated heterocycles. The van der Waals surface area contributed by atoms with Crippen LogP contribution in [0.25, 0.3) is 22.0 Å². The molecule has 2 heterocycles. The van der Waals surface area contributed by atoms with E-state index in [9.17, 15) is 22.8 Å². The molecule has 2 amide bonds. The maximum absolute atomic E-state index is 13.0. The van der Waals surface area contributed by atoms with Crippen molar-refractivity contribution in [1.82, 2.24) is 25.8 Å². The molecule has 0 fully saturated rings. The third-order valence-electron chi connectivity index (χ3n) is 5.46. The Kier molecular flexibility index (Phi) is 7.51. The lowest BCUT2D eigenvalue weighted by Gasteiger charge is -2.14. The summed E-state index contributed by atoms with van der Waals surface area (Å²) in [5, 5.41) is 13.0. The van der Waals surface area contributed by atoms with Crippen LogP contribution in [0.2, 0.25) is 0 Å². The van der Waals surface area contributed by atoms with Crippen molar-refractivity contribution < 1.29 is 32.2 Å². The fraction of sp³-hybridized carbons (Fsp3) is 0.231. The van der Waals surface area contributed by atoms with E-state index < -0.39 is 18.0 Å². The molecule has 0 saturated carbocycles. The number of amides is 2. The number of rotatable bonds is 8. The fourth-order valence-electron chi connectivity index (χ4n) is 3.78. The molecular weight excluding hydrogens is 503 g/mol. The van der Waals surface area contributed by atoms with Gasteiger partial charge in [-0.3, -0.25) is 14.7 Å². The van der Waals surface area contributed by atoms with Gasteiger partial charge in [0.15, 0.2) is 5.69 Å². The van der Waals surface area contributed by atoms with E-state index in [1.54, 1.807) is 24.3 Å². The molecule has 4 rings (SSSR count). The number of hydrogen-bond acceptors (Lipinski definition) is 6. The summed E-state index contributed by atoms with van der Waals surface area (Å²) in [7, 11) is 1.35. The van der Waals surface area contributed by atoms with Crippen LogP contribution < -0.4 is 20.1 Å². The number of alkyl halides is 3. The average Bonchev–Trinajstić information content (AvgIpc) is 3.30. The Morgan fingerprint density at radius 3 is 2.53 bits per heavy atom. The van der Waals surface area contributed by atoms with Crippen molar-refractivity contribution in [2.75, 3.05) is 7.11 Å². The molecule has 2 aromatic carbocycles. The first kappa shape index (κ1) is 26.5. The Bertz CT molecular complexity index is 1480. The summed E-state index contributed by atoms with van der Waals surface area (Å²) < 4.78 is 47.4. The Labute approximate surface area is 215 Å². The second-order valence-electron chi connectivity index (χ2n) is 8.58. The Balaban J connectivity index is 1.58. The number of aromatic amines is 1. The van der Waals surface area contributed by atoms with Crippen molar-refractivity contribution in [3.63, 3.8) is 0 Å². The van der Waals surface area contributed by atoms with Gasteiger partial charge in [-0.05, 0) is 43.7 Å². The van der Waals surface area contributed by atoms with E-state index in [4.69, 9.17) is 4.74 Å². The molecule has 2 aromatic heterocycles. The summed E-state index contributed by atoms with van der Waals surface area (Å²) in [4.78, 5) is 29.6. The Morgan fingerprint density at radius 1 is 1.05 bits per heavy atom. The van der Waals surface area contributed by atoms with Crippen LogP contribution >= 0.6 is 0 Å². The number of benzene rings is 2. The van der Waals surface area contributed by atoms with Gasteiger partial charge in [-0.25, -0.2) is 4.98 Å². The Hall–Kier alpha value is -4.61. The van der Waals surface area contributed by atoms with E-state index in [1.807, 2.05) is 13.8 Å². The maximum Gasteiger partial charge on any atom is 0.573 e. The van der Waals surface area contributed by atoms with Gasteiger partial charge in [0.05, 0.1) is 12.6 Å². The molecule has 0 atom stereocenters. The molecule has 4 aromatic rings. The summed E-state index contributed by atoms with van der Waals surface area (Å²) >= 11 is 0. The van der Waals surface area contributed by atoms with Crippen molar-refractivity contribution in [2.24, 2.45) is 0 Å². The number of hydrogen-bond donors (Lipinski definition) is 3. The first-order valence-corrected chi connectivity index (χ1v) is 11.5. The molecule has 0 spiro atoms. The lowest BCUT2D eigenvalue weighted by Crippen LogP contribution is -2.30. The molecule has 0 unspecified atom stereocenters. The van der Waals surface area contributed by atoms with E-state index in [-0.39, 0.29) is 41.2 Å². The summed E-state index contributed by atoms with van der Waals surface area (Å²) in [5.41, 5.74) is 2.36. The summed E-state index contributed by atoms with van der Waals surface area (Å²) in [6.45, 7) is 3.48. The van der Waals surface area contributed by atoms with Crippen molar-refractivity contribution in [3.05, 3.63) is 71.5 Å². The van der Waals surface area contributed by atoms with Gasteiger partial charge < -0.3 is 20.1 Å². The minimum absolute atomic E-state index is 0.0429. The average molecular weight is 528 g/mol. The lowest BCUT2D eigenvalue weighted by molar-refractivity contribution is -0.274. The number of pyridine rings is 1. The third-order valence-corrected chi connectivity index (χ3v) is 5.46. The third kappa shape index (κ3) is 6.02. The van der Waals surface area contributed by atoms with E-state index >= 15 is 0 Å². The number of methoxy groups -OCH3 is 1. The maximum atomic E-state index is 13.0. The highest BCUT2D eigenvalue weighted by atomic mass is 19.4. The minimum Gasteiger partial charge on any atom is -0.480 e. The van der Waals surface area contributed by atoms with Crippen LogP contribution in [0.15, 0.2) is 54.7 Å². The zero-order valence-corrected chi connectivity index (χ0v) is 20.6. The number of para-hydroxylation sites is 1. The van der Waals surface area contributed by atoms with E-state index in [2.05, 4.69) is 30.6 Å². The number of fused-ring (bicyclic) bond motifs is 1. The van der Waals surface area contributed by atoms with Crippen LogP contribution in [0.3, 0.4) is 0 Å². The van der Waals surface area contributed by atoms with Crippen LogP contribution in [-0.2, 0) is 6.54 Å². The molecule has 9 nitrogen and oxygen atoms in total. The molecule has 198 valence electrons. The van der Waals surface area contributed by atoms with Gasteiger partial charge in [-0.2, -0.15) is 5.10 Å². The summed E-state index contributed by atoms with van der Waals surface area (Å²) in [6.07, 6.45) is -3.34. The van der Waals surface area contributed by atoms with Crippen molar-refractivity contribution in [3.8, 4) is 22.8 Å². The molecule has 0 aliphatic carbocycles.